The van der Waals surface area contributed by atoms with Gasteiger partial charge in [0.2, 0.25) is 0 Å². The average molecular weight is 360 g/mol. The molecule has 3 aromatic rings. The zero-order valence-electron chi connectivity index (χ0n) is 13.8. The molecular formula is C18H15F3N4O. The van der Waals surface area contributed by atoms with Crippen molar-refractivity contribution in [2.24, 2.45) is 5.92 Å². The van der Waals surface area contributed by atoms with Crippen LogP contribution in [0.25, 0.3) is 11.0 Å². The van der Waals surface area contributed by atoms with Crippen LogP contribution >= 0.6 is 0 Å². The van der Waals surface area contributed by atoms with Crippen LogP contribution in [0.1, 0.15) is 34.0 Å². The fourth-order valence-electron chi connectivity index (χ4n) is 3.19. The summed E-state index contributed by atoms with van der Waals surface area (Å²) in [5, 5.41) is 4.50. The van der Waals surface area contributed by atoms with Crippen molar-refractivity contribution >= 4 is 22.8 Å². The Bertz CT molecular complexity index is 1020. The van der Waals surface area contributed by atoms with E-state index in [4.69, 9.17) is 5.73 Å². The molecule has 1 aliphatic rings. The van der Waals surface area contributed by atoms with E-state index in [2.05, 4.69) is 10.1 Å². The van der Waals surface area contributed by atoms with E-state index in [1.165, 1.54) is 6.07 Å². The molecule has 0 aliphatic heterocycles. The molecule has 8 heteroatoms. The van der Waals surface area contributed by atoms with Crippen LogP contribution in [0.3, 0.4) is 0 Å². The highest BCUT2D eigenvalue weighted by Crippen LogP contribution is 2.55. The Hall–Kier alpha value is -2.90. The Labute approximate surface area is 146 Å². The standard InChI is InChI=1S/C18H15F3N4O/c1-9-4-2-3-5-10(9)17(26)25-16-11(15(22)24-25)6-7-14(23-16)12-8-13(12)18(19,20)21/h2-7,12-13H,8H2,1H3,(H2,22,24)/t12-,13-/m0/s1. The van der Waals surface area contributed by atoms with E-state index in [1.807, 2.05) is 6.07 Å². The van der Waals surface area contributed by atoms with Gasteiger partial charge in [0.25, 0.3) is 5.91 Å². The molecule has 2 atom stereocenters. The number of rotatable bonds is 2. The zero-order chi connectivity index (χ0) is 18.6. The molecule has 2 aromatic heterocycles. The van der Waals surface area contributed by atoms with Gasteiger partial charge < -0.3 is 5.73 Å². The molecule has 0 spiro atoms. The molecule has 134 valence electrons. The Morgan fingerprint density at radius 1 is 1.23 bits per heavy atom. The Kier molecular flexibility index (Phi) is 3.54. The second-order valence-electron chi connectivity index (χ2n) is 6.51. The summed E-state index contributed by atoms with van der Waals surface area (Å²) in [5.74, 6) is -2.37. The Morgan fingerprint density at radius 2 is 1.96 bits per heavy atom. The maximum Gasteiger partial charge on any atom is 0.392 e. The summed E-state index contributed by atoms with van der Waals surface area (Å²) in [5.41, 5.74) is 7.54. The predicted octanol–water partition coefficient (Wildman–Crippen LogP) is 3.68. The average Bonchev–Trinajstić information content (AvgIpc) is 3.34. The van der Waals surface area contributed by atoms with Crippen molar-refractivity contribution in [3.05, 3.63) is 53.2 Å². The number of halogens is 3. The molecular weight excluding hydrogens is 345 g/mol. The van der Waals surface area contributed by atoms with Crippen molar-refractivity contribution in [2.45, 2.75) is 25.4 Å². The minimum atomic E-state index is -4.24. The number of nitrogens with zero attached hydrogens (tertiary/aromatic N) is 3. The highest BCUT2D eigenvalue weighted by molar-refractivity contribution is 6.03. The second-order valence-corrected chi connectivity index (χ2v) is 6.51. The summed E-state index contributed by atoms with van der Waals surface area (Å²) < 4.78 is 39.6. The van der Waals surface area contributed by atoms with E-state index in [9.17, 15) is 18.0 Å². The minimum Gasteiger partial charge on any atom is -0.382 e. The van der Waals surface area contributed by atoms with Crippen molar-refractivity contribution < 1.29 is 18.0 Å². The topological polar surface area (TPSA) is 73.8 Å². The summed E-state index contributed by atoms with van der Waals surface area (Å²) in [7, 11) is 0. The molecule has 0 unspecified atom stereocenters. The first-order valence-electron chi connectivity index (χ1n) is 8.09. The lowest BCUT2D eigenvalue weighted by Gasteiger charge is -2.07. The number of anilines is 1. The highest BCUT2D eigenvalue weighted by atomic mass is 19.4. The van der Waals surface area contributed by atoms with Crippen LogP contribution in [-0.4, -0.2) is 26.8 Å². The van der Waals surface area contributed by atoms with E-state index in [-0.39, 0.29) is 17.9 Å². The van der Waals surface area contributed by atoms with Gasteiger partial charge in [0.1, 0.15) is 0 Å². The largest absolute Gasteiger partial charge is 0.392 e. The van der Waals surface area contributed by atoms with Gasteiger partial charge in [-0.05, 0) is 37.1 Å². The third-order valence-corrected chi connectivity index (χ3v) is 4.74. The number of alkyl halides is 3. The number of nitrogen functional groups attached to an aromatic ring is 1. The molecule has 5 nitrogen and oxygen atoms in total. The van der Waals surface area contributed by atoms with Crippen molar-refractivity contribution in [3.8, 4) is 0 Å². The number of hydrogen-bond acceptors (Lipinski definition) is 4. The molecule has 2 heterocycles. The molecule has 0 bridgehead atoms. The van der Waals surface area contributed by atoms with Crippen molar-refractivity contribution in [2.75, 3.05) is 5.73 Å². The molecule has 1 aliphatic carbocycles. The number of hydrogen-bond donors (Lipinski definition) is 1. The minimum absolute atomic E-state index is 0.0113. The summed E-state index contributed by atoms with van der Waals surface area (Å²) in [6.07, 6.45) is -4.23. The number of fused-ring (bicyclic) bond motifs is 1. The van der Waals surface area contributed by atoms with Gasteiger partial charge in [0.15, 0.2) is 11.5 Å². The highest BCUT2D eigenvalue weighted by Gasteiger charge is 2.56. The Morgan fingerprint density at radius 3 is 2.62 bits per heavy atom. The molecule has 0 radical (unpaired) electrons. The van der Waals surface area contributed by atoms with E-state index in [0.29, 0.717) is 16.6 Å². The third kappa shape index (κ3) is 2.61. The molecule has 26 heavy (non-hydrogen) atoms. The lowest BCUT2D eigenvalue weighted by atomic mass is 10.1. The lowest BCUT2D eigenvalue weighted by Crippen LogP contribution is -2.16. The van der Waals surface area contributed by atoms with Crippen LogP contribution in [0.15, 0.2) is 36.4 Å². The monoisotopic (exact) mass is 360 g/mol. The third-order valence-electron chi connectivity index (χ3n) is 4.74. The molecule has 0 saturated heterocycles. The fraction of sp³-hybridized carbons (Fsp3) is 0.278. The van der Waals surface area contributed by atoms with Crippen LogP contribution in [0, 0.1) is 12.8 Å². The number of carbonyl (C=O) groups is 1. The van der Waals surface area contributed by atoms with Gasteiger partial charge in [-0.1, -0.05) is 18.2 Å². The van der Waals surface area contributed by atoms with Crippen LogP contribution < -0.4 is 5.73 Å². The smallest absolute Gasteiger partial charge is 0.382 e. The van der Waals surface area contributed by atoms with Gasteiger partial charge in [-0.2, -0.15) is 17.9 Å². The molecule has 1 aromatic carbocycles. The summed E-state index contributed by atoms with van der Waals surface area (Å²) in [6, 6.07) is 10.1. The molecule has 0 amide bonds. The summed E-state index contributed by atoms with van der Waals surface area (Å²) >= 11 is 0. The number of nitrogens with two attached hydrogens (primary N) is 1. The number of aryl methyl sites for hydroxylation is 1. The maximum atomic E-state index is 12.8. The molecule has 2 N–H and O–H groups in total. The first-order valence-corrected chi connectivity index (χ1v) is 8.09. The van der Waals surface area contributed by atoms with E-state index in [1.54, 1.807) is 31.2 Å². The van der Waals surface area contributed by atoms with Crippen molar-refractivity contribution in [1.29, 1.82) is 0 Å². The second kappa shape index (κ2) is 5.55. The number of pyridine rings is 1. The quantitative estimate of drug-likeness (QED) is 0.757. The van der Waals surface area contributed by atoms with Crippen LogP contribution in [0.5, 0.6) is 0 Å². The van der Waals surface area contributed by atoms with Gasteiger partial charge in [-0.25, -0.2) is 4.98 Å². The zero-order valence-corrected chi connectivity index (χ0v) is 13.8. The number of aromatic nitrogens is 3. The maximum absolute atomic E-state index is 12.8. The Balaban J connectivity index is 1.78. The van der Waals surface area contributed by atoms with E-state index >= 15 is 0 Å². The summed E-state index contributed by atoms with van der Waals surface area (Å²) in [4.78, 5) is 17.1. The van der Waals surface area contributed by atoms with E-state index in [0.717, 1.165) is 10.2 Å². The number of benzene rings is 1. The molecule has 1 fully saturated rings. The van der Waals surface area contributed by atoms with Crippen LogP contribution in [0.4, 0.5) is 19.0 Å². The van der Waals surface area contributed by atoms with Gasteiger partial charge in [-0.15, -0.1) is 5.10 Å². The normalized spacial score (nSPS) is 19.7. The predicted molar refractivity (Wildman–Crippen MR) is 89.8 cm³/mol. The molecule has 1 saturated carbocycles. The van der Waals surface area contributed by atoms with Gasteiger partial charge in [-0.3, -0.25) is 4.79 Å². The lowest BCUT2D eigenvalue weighted by molar-refractivity contribution is -0.148. The summed E-state index contributed by atoms with van der Waals surface area (Å²) in [6.45, 7) is 1.79. The van der Waals surface area contributed by atoms with Crippen LogP contribution in [0.2, 0.25) is 0 Å². The van der Waals surface area contributed by atoms with Gasteiger partial charge >= 0.3 is 6.18 Å². The van der Waals surface area contributed by atoms with Gasteiger partial charge in [0.05, 0.1) is 11.3 Å². The first kappa shape index (κ1) is 16.6. The number of carbonyl (C=O) groups excluding carboxylic acids is 1. The van der Waals surface area contributed by atoms with Crippen molar-refractivity contribution in [3.63, 3.8) is 0 Å². The van der Waals surface area contributed by atoms with Crippen LogP contribution in [-0.2, 0) is 0 Å². The van der Waals surface area contributed by atoms with Gasteiger partial charge in [0, 0.05) is 17.2 Å². The van der Waals surface area contributed by atoms with E-state index < -0.39 is 23.9 Å². The first-order chi connectivity index (χ1) is 12.3. The van der Waals surface area contributed by atoms with Crippen molar-refractivity contribution in [1.82, 2.24) is 14.8 Å². The fourth-order valence-corrected chi connectivity index (χ4v) is 3.19. The molecule has 4 rings (SSSR count). The SMILES string of the molecule is Cc1ccccc1C(=O)n1nc(N)c2ccc([C@H]3C[C@@H]3C(F)(F)F)nc21.